The standard InChI is InChI=1S/C8H17NOSi/c1-6-8(10)7(2)9-11(3,4)5/h6,8,10H,1H2,2-5H3. The van der Waals surface area contributed by atoms with Crippen molar-refractivity contribution in [2.45, 2.75) is 32.7 Å². The number of rotatable bonds is 3. The van der Waals surface area contributed by atoms with E-state index in [4.69, 9.17) is 0 Å². The molecule has 1 N–H and O–H groups in total. The predicted molar refractivity (Wildman–Crippen MR) is 52.7 cm³/mol. The summed E-state index contributed by atoms with van der Waals surface area (Å²) in [5, 5.41) is 9.26. The van der Waals surface area contributed by atoms with Gasteiger partial charge in [-0.05, 0) is 26.6 Å². The second-order valence-electron chi connectivity index (χ2n) is 3.60. The predicted octanol–water partition coefficient (Wildman–Crippen LogP) is 1.83. The molecule has 0 heterocycles. The van der Waals surface area contributed by atoms with Gasteiger partial charge in [-0.15, -0.1) is 6.58 Å². The largest absolute Gasteiger partial charge is 0.383 e. The van der Waals surface area contributed by atoms with Crippen LogP contribution >= 0.6 is 0 Å². The van der Waals surface area contributed by atoms with E-state index < -0.39 is 14.3 Å². The summed E-state index contributed by atoms with van der Waals surface area (Å²) in [6.07, 6.45) is 0.931. The van der Waals surface area contributed by atoms with Crippen LogP contribution < -0.4 is 0 Å². The zero-order chi connectivity index (χ0) is 9.07. The molecule has 0 aliphatic heterocycles. The van der Waals surface area contributed by atoms with Crippen LogP contribution in [0.1, 0.15) is 6.92 Å². The highest BCUT2D eigenvalue weighted by Gasteiger charge is 2.13. The van der Waals surface area contributed by atoms with E-state index in [1.54, 1.807) is 0 Å². The van der Waals surface area contributed by atoms with E-state index in [1.165, 1.54) is 6.08 Å². The number of nitrogens with zero attached hydrogens (tertiary/aromatic N) is 1. The molecule has 0 fully saturated rings. The second-order valence-corrected chi connectivity index (χ2v) is 8.17. The SMILES string of the molecule is C=CC(O)C(C)=N[Si](C)(C)C. The zero-order valence-corrected chi connectivity index (χ0v) is 8.76. The van der Waals surface area contributed by atoms with E-state index in [2.05, 4.69) is 30.9 Å². The van der Waals surface area contributed by atoms with E-state index in [-0.39, 0.29) is 0 Å². The molecule has 0 saturated heterocycles. The van der Waals surface area contributed by atoms with E-state index in [1.807, 2.05) is 6.92 Å². The normalized spacial score (nSPS) is 16.3. The Balaban J connectivity index is 4.33. The molecule has 3 heteroatoms. The molecule has 0 aliphatic rings. The average Bonchev–Trinajstić information content (AvgIpc) is 1.82. The third-order valence-corrected chi connectivity index (χ3v) is 2.19. The Hall–Kier alpha value is -0.413. The van der Waals surface area contributed by atoms with Gasteiger partial charge in [0.15, 0.2) is 8.24 Å². The summed E-state index contributed by atoms with van der Waals surface area (Å²) >= 11 is 0. The highest BCUT2D eigenvalue weighted by Crippen LogP contribution is 2.04. The van der Waals surface area contributed by atoms with E-state index in [9.17, 15) is 5.11 Å². The Morgan fingerprint density at radius 3 is 2.27 bits per heavy atom. The molecule has 0 aromatic rings. The van der Waals surface area contributed by atoms with Crippen molar-refractivity contribution in [1.82, 2.24) is 0 Å². The van der Waals surface area contributed by atoms with Crippen LogP contribution in [0.3, 0.4) is 0 Å². The summed E-state index contributed by atoms with van der Waals surface area (Å²) in [6, 6.07) is 0. The quantitative estimate of drug-likeness (QED) is 0.392. The number of aliphatic hydroxyl groups excluding tert-OH is 1. The fourth-order valence-corrected chi connectivity index (χ4v) is 1.96. The maximum atomic E-state index is 9.26. The van der Waals surface area contributed by atoms with Crippen molar-refractivity contribution in [3.8, 4) is 0 Å². The Labute approximate surface area is 69.8 Å². The molecule has 0 spiro atoms. The van der Waals surface area contributed by atoms with Gasteiger partial charge in [-0.2, -0.15) is 0 Å². The Bertz CT molecular complexity index is 169. The monoisotopic (exact) mass is 171 g/mol. The van der Waals surface area contributed by atoms with E-state index >= 15 is 0 Å². The molecular formula is C8H17NOSi. The lowest BCUT2D eigenvalue weighted by molar-refractivity contribution is 0.289. The van der Waals surface area contributed by atoms with Gasteiger partial charge in [-0.3, -0.25) is 0 Å². The first-order chi connectivity index (χ1) is 4.87. The number of hydrogen-bond donors (Lipinski definition) is 1. The van der Waals surface area contributed by atoms with Gasteiger partial charge in [0.05, 0.1) is 0 Å². The molecule has 0 aromatic heterocycles. The summed E-state index contributed by atoms with van der Waals surface area (Å²) in [7, 11) is -1.42. The molecule has 0 amide bonds. The smallest absolute Gasteiger partial charge is 0.172 e. The van der Waals surface area contributed by atoms with Gasteiger partial charge in [0.1, 0.15) is 6.10 Å². The highest BCUT2D eigenvalue weighted by atomic mass is 28.3. The van der Waals surface area contributed by atoms with Crippen LogP contribution in [0.2, 0.25) is 19.6 Å². The molecule has 0 rings (SSSR count). The van der Waals surface area contributed by atoms with Crippen molar-refractivity contribution in [3.63, 3.8) is 0 Å². The van der Waals surface area contributed by atoms with Crippen LogP contribution in [0.25, 0.3) is 0 Å². The lowest BCUT2D eigenvalue weighted by atomic mass is 10.2. The first kappa shape index (κ1) is 10.6. The third kappa shape index (κ3) is 4.92. The maximum absolute atomic E-state index is 9.26. The molecule has 2 nitrogen and oxygen atoms in total. The molecule has 64 valence electrons. The van der Waals surface area contributed by atoms with Gasteiger partial charge in [0.25, 0.3) is 0 Å². The Morgan fingerprint density at radius 1 is 1.55 bits per heavy atom. The minimum Gasteiger partial charge on any atom is -0.383 e. The fourth-order valence-electron chi connectivity index (χ4n) is 0.766. The summed E-state index contributed by atoms with van der Waals surface area (Å²) in [5.74, 6) is 0. The Kier molecular flexibility index (Phi) is 3.69. The Morgan fingerprint density at radius 2 is 2.00 bits per heavy atom. The van der Waals surface area contributed by atoms with Crippen molar-refractivity contribution in [2.75, 3.05) is 0 Å². The first-order valence-electron chi connectivity index (χ1n) is 3.74. The molecule has 0 bridgehead atoms. The molecule has 0 saturated carbocycles. The zero-order valence-electron chi connectivity index (χ0n) is 7.76. The lowest BCUT2D eigenvalue weighted by Crippen LogP contribution is -2.24. The van der Waals surface area contributed by atoms with Crippen molar-refractivity contribution in [3.05, 3.63) is 12.7 Å². The van der Waals surface area contributed by atoms with Gasteiger partial charge in [-0.25, -0.2) is 0 Å². The summed E-state index contributed by atoms with van der Waals surface area (Å²) < 4.78 is 4.41. The van der Waals surface area contributed by atoms with Crippen LogP contribution in [-0.2, 0) is 0 Å². The van der Waals surface area contributed by atoms with Gasteiger partial charge < -0.3 is 9.76 Å². The maximum Gasteiger partial charge on any atom is 0.172 e. The fraction of sp³-hybridized carbons (Fsp3) is 0.625. The van der Waals surface area contributed by atoms with Gasteiger partial charge >= 0.3 is 0 Å². The molecule has 1 unspecified atom stereocenters. The second kappa shape index (κ2) is 3.83. The minimum absolute atomic E-state index is 0.568. The molecule has 0 radical (unpaired) electrons. The van der Waals surface area contributed by atoms with Crippen LogP contribution in [0, 0.1) is 0 Å². The average molecular weight is 171 g/mol. The van der Waals surface area contributed by atoms with Crippen LogP contribution in [0.5, 0.6) is 0 Å². The third-order valence-electron chi connectivity index (χ3n) is 1.16. The lowest BCUT2D eigenvalue weighted by Gasteiger charge is -2.13. The topological polar surface area (TPSA) is 32.6 Å². The number of aliphatic hydroxyl groups is 1. The van der Waals surface area contributed by atoms with Crippen LogP contribution in [0.4, 0.5) is 0 Å². The van der Waals surface area contributed by atoms with Crippen LogP contribution in [0.15, 0.2) is 17.3 Å². The molecule has 0 aliphatic carbocycles. The molecule has 0 aromatic carbocycles. The summed E-state index contributed by atoms with van der Waals surface area (Å²) in [4.78, 5) is 0. The van der Waals surface area contributed by atoms with E-state index in [0.29, 0.717) is 0 Å². The van der Waals surface area contributed by atoms with Crippen molar-refractivity contribution in [2.24, 2.45) is 4.66 Å². The van der Waals surface area contributed by atoms with Gasteiger partial charge in [0.2, 0.25) is 0 Å². The molecule has 1 atom stereocenters. The molecular weight excluding hydrogens is 154 g/mol. The van der Waals surface area contributed by atoms with Gasteiger partial charge in [0, 0.05) is 5.71 Å². The van der Waals surface area contributed by atoms with E-state index in [0.717, 1.165) is 5.71 Å². The minimum atomic E-state index is -1.42. The summed E-state index contributed by atoms with van der Waals surface area (Å²) in [5.41, 5.74) is 0.777. The highest BCUT2D eigenvalue weighted by molar-refractivity contribution is 6.75. The molecule has 11 heavy (non-hydrogen) atoms. The first-order valence-corrected chi connectivity index (χ1v) is 7.18. The number of hydrogen-bond acceptors (Lipinski definition) is 2. The summed E-state index contributed by atoms with van der Waals surface area (Å²) in [6.45, 7) is 11.7. The van der Waals surface area contributed by atoms with Crippen molar-refractivity contribution in [1.29, 1.82) is 0 Å². The van der Waals surface area contributed by atoms with Crippen molar-refractivity contribution >= 4 is 13.9 Å². The van der Waals surface area contributed by atoms with Crippen molar-refractivity contribution < 1.29 is 5.11 Å². The van der Waals surface area contributed by atoms with Crippen LogP contribution in [-0.4, -0.2) is 25.2 Å². The van der Waals surface area contributed by atoms with Gasteiger partial charge in [-0.1, -0.05) is 6.08 Å².